The van der Waals surface area contributed by atoms with Crippen LogP contribution >= 0.6 is 46.4 Å². The molecule has 0 unspecified atom stereocenters. The van der Waals surface area contributed by atoms with E-state index in [9.17, 15) is 9.59 Å². The number of hydrogen-bond acceptors (Lipinski definition) is 5. The van der Waals surface area contributed by atoms with Gasteiger partial charge in [-0.1, -0.05) is 58.5 Å². The van der Waals surface area contributed by atoms with Crippen molar-refractivity contribution in [3.63, 3.8) is 0 Å². The fourth-order valence-corrected chi connectivity index (χ4v) is 3.14. The SMILES string of the molecule is O=C(NN=Cc1ccc(Cl)cc1Cl)c1ccc(C(=O)NN=Cc2ccc(Cl)cc2Cl)o1. The lowest BCUT2D eigenvalue weighted by Gasteiger charge is -2.00. The first-order valence-electron chi connectivity index (χ1n) is 8.50. The lowest BCUT2D eigenvalue weighted by atomic mass is 10.2. The molecule has 1 aromatic heterocycles. The molecule has 0 atom stereocenters. The number of carbonyl (C=O) groups is 2. The standard InChI is InChI=1S/C20H12Cl4N4O3/c21-13-3-1-11(15(23)7-13)9-25-27-19(29)17-5-6-18(31-17)20(30)28-26-10-12-2-4-14(22)8-16(12)24/h1-10H,(H,27,29)(H,28,30). The zero-order valence-electron chi connectivity index (χ0n) is 15.4. The summed E-state index contributed by atoms with van der Waals surface area (Å²) in [6.07, 6.45) is 2.70. The zero-order chi connectivity index (χ0) is 22.4. The summed E-state index contributed by atoms with van der Waals surface area (Å²) in [5.41, 5.74) is 5.67. The van der Waals surface area contributed by atoms with Crippen LogP contribution in [0.3, 0.4) is 0 Å². The Balaban J connectivity index is 1.57. The van der Waals surface area contributed by atoms with E-state index in [1.807, 2.05) is 0 Å². The van der Waals surface area contributed by atoms with E-state index in [0.717, 1.165) is 0 Å². The van der Waals surface area contributed by atoms with Crippen molar-refractivity contribution in [2.24, 2.45) is 10.2 Å². The number of nitrogens with zero attached hydrogens (tertiary/aromatic N) is 2. The molecule has 0 spiro atoms. The highest BCUT2D eigenvalue weighted by Crippen LogP contribution is 2.20. The molecular weight excluding hydrogens is 486 g/mol. The predicted octanol–water partition coefficient (Wildman–Crippen LogP) is 5.42. The molecule has 2 amide bonds. The van der Waals surface area contributed by atoms with Crippen LogP contribution in [0.15, 0.2) is 63.2 Å². The Kier molecular flexibility index (Phi) is 7.70. The highest BCUT2D eigenvalue weighted by molar-refractivity contribution is 6.36. The van der Waals surface area contributed by atoms with E-state index in [2.05, 4.69) is 21.1 Å². The van der Waals surface area contributed by atoms with Gasteiger partial charge in [0.15, 0.2) is 11.5 Å². The summed E-state index contributed by atoms with van der Waals surface area (Å²) in [5, 5.41) is 9.32. The quantitative estimate of drug-likeness (QED) is 0.351. The average Bonchev–Trinajstić information content (AvgIpc) is 3.21. The Morgan fingerprint density at radius 1 is 0.710 bits per heavy atom. The summed E-state index contributed by atoms with van der Waals surface area (Å²) in [4.78, 5) is 24.2. The molecule has 7 nitrogen and oxygen atoms in total. The molecule has 0 aliphatic rings. The van der Waals surface area contributed by atoms with Crippen LogP contribution in [0, 0.1) is 0 Å². The van der Waals surface area contributed by atoms with Crippen molar-refractivity contribution in [3.05, 3.63) is 91.3 Å². The zero-order valence-corrected chi connectivity index (χ0v) is 18.4. The van der Waals surface area contributed by atoms with Gasteiger partial charge in [0.1, 0.15) is 0 Å². The van der Waals surface area contributed by atoms with Crippen LogP contribution in [0.4, 0.5) is 0 Å². The second-order valence-corrected chi connectivity index (χ2v) is 7.58. The number of hydrazone groups is 2. The van der Waals surface area contributed by atoms with E-state index >= 15 is 0 Å². The maximum Gasteiger partial charge on any atom is 0.307 e. The Morgan fingerprint density at radius 2 is 1.13 bits per heavy atom. The van der Waals surface area contributed by atoms with Crippen molar-refractivity contribution in [1.82, 2.24) is 10.9 Å². The Hall–Kier alpha value is -2.84. The van der Waals surface area contributed by atoms with E-state index in [-0.39, 0.29) is 11.5 Å². The number of benzene rings is 2. The van der Waals surface area contributed by atoms with Crippen LogP contribution in [0.5, 0.6) is 0 Å². The summed E-state index contributed by atoms with van der Waals surface area (Å²) in [6.45, 7) is 0. The minimum Gasteiger partial charge on any atom is -0.446 e. The number of carbonyl (C=O) groups excluding carboxylic acids is 2. The van der Waals surface area contributed by atoms with Crippen molar-refractivity contribution < 1.29 is 14.0 Å². The number of halogens is 4. The second-order valence-electron chi connectivity index (χ2n) is 5.89. The summed E-state index contributed by atoms with van der Waals surface area (Å²) in [5.74, 6) is -1.54. The van der Waals surface area contributed by atoms with Crippen LogP contribution < -0.4 is 10.9 Å². The van der Waals surface area contributed by atoms with Crippen molar-refractivity contribution in [3.8, 4) is 0 Å². The predicted molar refractivity (Wildman–Crippen MR) is 122 cm³/mol. The van der Waals surface area contributed by atoms with Crippen molar-refractivity contribution in [1.29, 1.82) is 0 Å². The van der Waals surface area contributed by atoms with E-state index in [1.165, 1.54) is 24.6 Å². The molecule has 31 heavy (non-hydrogen) atoms. The molecule has 0 bridgehead atoms. The summed E-state index contributed by atoms with van der Waals surface area (Å²) in [7, 11) is 0. The van der Waals surface area contributed by atoms with Gasteiger partial charge in [0, 0.05) is 21.2 Å². The first-order valence-corrected chi connectivity index (χ1v) is 10.0. The summed E-state index contributed by atoms with van der Waals surface area (Å²) >= 11 is 23.7. The lowest BCUT2D eigenvalue weighted by Crippen LogP contribution is -2.18. The Labute approximate surface area is 196 Å². The topological polar surface area (TPSA) is 96.1 Å². The van der Waals surface area contributed by atoms with Crippen molar-refractivity contribution in [2.45, 2.75) is 0 Å². The van der Waals surface area contributed by atoms with E-state index in [0.29, 0.717) is 31.2 Å². The number of hydrogen-bond donors (Lipinski definition) is 2. The summed E-state index contributed by atoms with van der Waals surface area (Å²) < 4.78 is 5.23. The Bertz CT molecular complexity index is 1100. The van der Waals surface area contributed by atoms with Crippen LogP contribution in [-0.4, -0.2) is 24.2 Å². The molecule has 0 aliphatic heterocycles. The van der Waals surface area contributed by atoms with Crippen LogP contribution in [-0.2, 0) is 0 Å². The molecule has 11 heteroatoms. The average molecular weight is 498 g/mol. The van der Waals surface area contributed by atoms with Gasteiger partial charge in [-0.15, -0.1) is 0 Å². The smallest absolute Gasteiger partial charge is 0.307 e. The van der Waals surface area contributed by atoms with Crippen molar-refractivity contribution >= 4 is 70.6 Å². The van der Waals surface area contributed by atoms with Gasteiger partial charge in [-0.25, -0.2) is 10.9 Å². The van der Waals surface area contributed by atoms with Gasteiger partial charge in [0.2, 0.25) is 0 Å². The van der Waals surface area contributed by atoms with Gasteiger partial charge in [-0.05, 0) is 36.4 Å². The van der Waals surface area contributed by atoms with Gasteiger partial charge >= 0.3 is 11.8 Å². The monoisotopic (exact) mass is 496 g/mol. The van der Waals surface area contributed by atoms with Crippen molar-refractivity contribution in [2.75, 3.05) is 0 Å². The molecule has 0 aliphatic carbocycles. The van der Waals surface area contributed by atoms with E-state index < -0.39 is 11.8 Å². The molecule has 0 saturated carbocycles. The van der Waals surface area contributed by atoms with Crippen LogP contribution in [0.2, 0.25) is 20.1 Å². The molecule has 0 saturated heterocycles. The maximum atomic E-state index is 12.1. The van der Waals surface area contributed by atoms with E-state index in [1.54, 1.807) is 36.4 Å². The minimum absolute atomic E-state index is 0.116. The normalized spacial score (nSPS) is 11.2. The molecule has 0 radical (unpaired) electrons. The fraction of sp³-hybridized carbons (Fsp3) is 0. The molecule has 158 valence electrons. The largest absolute Gasteiger partial charge is 0.446 e. The molecule has 2 aromatic carbocycles. The molecule has 0 fully saturated rings. The van der Waals surface area contributed by atoms with Crippen LogP contribution in [0.1, 0.15) is 32.2 Å². The molecular formula is C20H12Cl4N4O3. The molecule has 3 rings (SSSR count). The highest BCUT2D eigenvalue weighted by Gasteiger charge is 2.15. The second kappa shape index (κ2) is 10.5. The van der Waals surface area contributed by atoms with Gasteiger partial charge in [-0.2, -0.15) is 10.2 Å². The first kappa shape index (κ1) is 22.8. The minimum atomic E-state index is -0.656. The number of furan rings is 1. The molecule has 2 N–H and O–H groups in total. The highest BCUT2D eigenvalue weighted by atomic mass is 35.5. The number of nitrogens with one attached hydrogen (secondary N) is 2. The van der Waals surface area contributed by atoms with Gasteiger partial charge in [-0.3, -0.25) is 9.59 Å². The third kappa shape index (κ3) is 6.32. The third-order valence-corrected chi connectivity index (χ3v) is 4.84. The van der Waals surface area contributed by atoms with Gasteiger partial charge < -0.3 is 4.42 Å². The van der Waals surface area contributed by atoms with Gasteiger partial charge in [0.05, 0.1) is 22.5 Å². The molecule has 3 aromatic rings. The third-order valence-electron chi connectivity index (χ3n) is 3.72. The van der Waals surface area contributed by atoms with Crippen LogP contribution in [0.25, 0.3) is 0 Å². The van der Waals surface area contributed by atoms with E-state index in [4.69, 9.17) is 50.8 Å². The maximum absolute atomic E-state index is 12.1. The number of amides is 2. The fourth-order valence-electron chi connectivity index (χ4n) is 2.23. The Morgan fingerprint density at radius 3 is 1.52 bits per heavy atom. The number of rotatable bonds is 6. The summed E-state index contributed by atoms with van der Waals surface area (Å²) in [6, 6.07) is 12.3. The molecule has 1 heterocycles. The first-order chi connectivity index (χ1) is 14.8. The van der Waals surface area contributed by atoms with Gasteiger partial charge in [0.25, 0.3) is 0 Å². The lowest BCUT2D eigenvalue weighted by molar-refractivity contribution is 0.0902.